The zero-order chi connectivity index (χ0) is 12.7. The van der Waals surface area contributed by atoms with Crippen molar-refractivity contribution in [2.24, 2.45) is 0 Å². The molecule has 1 rings (SSSR count). The highest BCUT2D eigenvalue weighted by Crippen LogP contribution is 2.14. The van der Waals surface area contributed by atoms with Gasteiger partial charge >= 0.3 is 5.97 Å². The van der Waals surface area contributed by atoms with E-state index in [4.69, 9.17) is 14.9 Å². The van der Waals surface area contributed by atoms with Gasteiger partial charge in [-0.3, -0.25) is 0 Å². The van der Waals surface area contributed by atoms with Crippen LogP contribution in [0.3, 0.4) is 0 Å². The summed E-state index contributed by atoms with van der Waals surface area (Å²) >= 11 is 0. The lowest BCUT2D eigenvalue weighted by Crippen LogP contribution is -2.27. The van der Waals surface area contributed by atoms with Gasteiger partial charge in [0.05, 0.1) is 18.3 Å². The van der Waals surface area contributed by atoms with E-state index in [2.05, 4.69) is 10.3 Å². The second-order valence-corrected chi connectivity index (χ2v) is 3.51. The number of aliphatic hydroxyl groups is 1. The van der Waals surface area contributed by atoms with E-state index in [1.165, 1.54) is 6.20 Å². The molecule has 1 atom stereocenters. The minimum atomic E-state index is -1.09. The maximum absolute atomic E-state index is 10.9. The quantitative estimate of drug-likeness (QED) is 0.646. The molecule has 3 N–H and O–H groups in total. The van der Waals surface area contributed by atoms with Crippen LogP contribution in [-0.4, -0.2) is 47.5 Å². The Morgan fingerprint density at radius 2 is 2.41 bits per heavy atom. The van der Waals surface area contributed by atoms with Gasteiger partial charge < -0.3 is 20.3 Å². The Kier molecular flexibility index (Phi) is 5.38. The summed E-state index contributed by atoms with van der Waals surface area (Å²) < 4.78 is 4.99. The second kappa shape index (κ2) is 6.82. The number of aromatic nitrogens is 1. The fraction of sp³-hybridized carbons (Fsp3) is 0.455. The molecule has 0 spiro atoms. The summed E-state index contributed by atoms with van der Waals surface area (Å²) in [7, 11) is 1.55. The van der Waals surface area contributed by atoms with Crippen LogP contribution in [-0.2, 0) is 4.74 Å². The van der Waals surface area contributed by atoms with Crippen molar-refractivity contribution in [1.82, 2.24) is 4.98 Å². The fourth-order valence-electron chi connectivity index (χ4n) is 1.47. The summed E-state index contributed by atoms with van der Waals surface area (Å²) in [5.41, 5.74) is 0.391. The molecular formula is C11H16N2O4. The van der Waals surface area contributed by atoms with E-state index < -0.39 is 5.97 Å². The van der Waals surface area contributed by atoms with Gasteiger partial charge in [0.15, 0.2) is 5.69 Å². The molecule has 1 unspecified atom stereocenters. The van der Waals surface area contributed by atoms with Crippen LogP contribution in [0, 0.1) is 0 Å². The lowest BCUT2D eigenvalue weighted by molar-refractivity contribution is 0.0691. The Hall–Kier alpha value is -1.66. The number of aromatic carboxylic acids is 1. The first-order valence-electron chi connectivity index (χ1n) is 5.23. The van der Waals surface area contributed by atoms with E-state index in [1.54, 1.807) is 19.2 Å². The van der Waals surface area contributed by atoms with Crippen molar-refractivity contribution in [1.29, 1.82) is 0 Å². The van der Waals surface area contributed by atoms with Gasteiger partial charge in [-0.15, -0.1) is 0 Å². The summed E-state index contributed by atoms with van der Waals surface area (Å²) in [6, 6.07) is 3.14. The average molecular weight is 240 g/mol. The molecule has 1 aromatic rings. The van der Waals surface area contributed by atoms with E-state index in [0.717, 1.165) is 0 Å². The molecule has 0 bridgehead atoms. The van der Waals surface area contributed by atoms with Gasteiger partial charge in [-0.2, -0.15) is 0 Å². The Morgan fingerprint density at radius 3 is 3.00 bits per heavy atom. The number of anilines is 1. The predicted octanol–water partition coefficient (Wildman–Crippen LogP) is 0.589. The van der Waals surface area contributed by atoms with E-state index in [1.807, 2.05) is 0 Å². The van der Waals surface area contributed by atoms with Gasteiger partial charge in [0.1, 0.15) is 0 Å². The lowest BCUT2D eigenvalue weighted by Gasteiger charge is -2.18. The minimum absolute atomic E-state index is 0.00366. The number of carbonyl (C=O) groups is 1. The van der Waals surface area contributed by atoms with Gasteiger partial charge in [-0.05, 0) is 18.6 Å². The number of ether oxygens (including phenoxy) is 1. The Labute approximate surface area is 99.3 Å². The van der Waals surface area contributed by atoms with Crippen molar-refractivity contribution >= 4 is 11.7 Å². The van der Waals surface area contributed by atoms with Gasteiger partial charge in [0.2, 0.25) is 0 Å². The topological polar surface area (TPSA) is 91.7 Å². The maximum atomic E-state index is 10.9. The summed E-state index contributed by atoms with van der Waals surface area (Å²) in [5, 5.41) is 20.8. The van der Waals surface area contributed by atoms with Crippen LogP contribution in [0.2, 0.25) is 0 Å². The number of rotatable bonds is 7. The maximum Gasteiger partial charge on any atom is 0.356 e. The van der Waals surface area contributed by atoms with Crippen molar-refractivity contribution in [3.63, 3.8) is 0 Å². The molecule has 0 aliphatic carbocycles. The Bertz CT molecular complexity index is 364. The first kappa shape index (κ1) is 13.4. The third-order valence-corrected chi connectivity index (χ3v) is 2.22. The molecule has 0 aliphatic heterocycles. The monoisotopic (exact) mass is 240 g/mol. The highest BCUT2D eigenvalue weighted by molar-refractivity contribution is 5.91. The average Bonchev–Trinajstić information content (AvgIpc) is 2.30. The van der Waals surface area contributed by atoms with Gasteiger partial charge in [0, 0.05) is 19.9 Å². The SMILES string of the molecule is COCC(CCO)Nc1cccnc1C(=O)O. The number of hydrogen-bond donors (Lipinski definition) is 3. The zero-order valence-electron chi connectivity index (χ0n) is 9.59. The largest absolute Gasteiger partial charge is 0.476 e. The summed E-state index contributed by atoms with van der Waals surface area (Å²) in [4.78, 5) is 14.7. The Balaban J connectivity index is 2.80. The molecule has 0 saturated heterocycles. The normalized spacial score (nSPS) is 12.1. The standard InChI is InChI=1S/C11H16N2O4/c1-17-7-8(4-6-14)13-9-3-2-5-12-10(9)11(15)16/h2-3,5,8,13-14H,4,6-7H2,1H3,(H,15,16). The molecule has 94 valence electrons. The Morgan fingerprint density at radius 1 is 1.65 bits per heavy atom. The van der Waals surface area contributed by atoms with Crippen LogP contribution in [0.25, 0.3) is 0 Å². The predicted molar refractivity (Wildman–Crippen MR) is 62.2 cm³/mol. The first-order chi connectivity index (χ1) is 8.19. The fourth-order valence-corrected chi connectivity index (χ4v) is 1.47. The molecule has 0 radical (unpaired) electrons. The second-order valence-electron chi connectivity index (χ2n) is 3.51. The number of carboxylic acids is 1. The first-order valence-corrected chi connectivity index (χ1v) is 5.23. The highest BCUT2D eigenvalue weighted by Gasteiger charge is 2.14. The van der Waals surface area contributed by atoms with Gasteiger partial charge in [0.25, 0.3) is 0 Å². The summed E-state index contributed by atoms with van der Waals surface area (Å²) in [6.45, 7) is 0.387. The zero-order valence-corrected chi connectivity index (χ0v) is 9.59. The molecule has 0 amide bonds. The van der Waals surface area contributed by atoms with Crippen molar-refractivity contribution < 1.29 is 19.7 Å². The molecule has 0 fully saturated rings. The van der Waals surface area contributed by atoms with Crippen molar-refractivity contribution in [3.8, 4) is 0 Å². The smallest absolute Gasteiger partial charge is 0.356 e. The summed E-state index contributed by atoms with van der Waals surface area (Å²) in [5.74, 6) is -1.09. The molecule has 1 heterocycles. The number of hydrogen-bond acceptors (Lipinski definition) is 5. The van der Waals surface area contributed by atoms with Crippen molar-refractivity contribution in [3.05, 3.63) is 24.0 Å². The van der Waals surface area contributed by atoms with Crippen LogP contribution in [0.1, 0.15) is 16.9 Å². The third kappa shape index (κ3) is 4.01. The van der Waals surface area contributed by atoms with Crippen LogP contribution in [0.4, 0.5) is 5.69 Å². The highest BCUT2D eigenvalue weighted by atomic mass is 16.5. The van der Waals surface area contributed by atoms with E-state index in [9.17, 15) is 4.79 Å². The van der Waals surface area contributed by atoms with E-state index >= 15 is 0 Å². The summed E-state index contributed by atoms with van der Waals surface area (Å²) in [6.07, 6.45) is 1.90. The van der Waals surface area contributed by atoms with Gasteiger partial charge in [-0.25, -0.2) is 9.78 Å². The van der Waals surface area contributed by atoms with E-state index in [0.29, 0.717) is 18.7 Å². The number of aliphatic hydroxyl groups excluding tert-OH is 1. The van der Waals surface area contributed by atoms with Gasteiger partial charge in [-0.1, -0.05) is 0 Å². The molecular weight excluding hydrogens is 224 g/mol. The van der Waals surface area contributed by atoms with Crippen molar-refractivity contribution in [2.45, 2.75) is 12.5 Å². The molecule has 1 aromatic heterocycles. The van der Waals surface area contributed by atoms with Crippen LogP contribution in [0.5, 0.6) is 0 Å². The minimum Gasteiger partial charge on any atom is -0.476 e. The third-order valence-electron chi connectivity index (χ3n) is 2.22. The molecule has 0 aliphatic rings. The van der Waals surface area contributed by atoms with Crippen LogP contribution < -0.4 is 5.32 Å². The molecule has 0 aromatic carbocycles. The number of nitrogens with zero attached hydrogens (tertiary/aromatic N) is 1. The number of nitrogens with one attached hydrogen (secondary N) is 1. The van der Waals surface area contributed by atoms with Crippen LogP contribution in [0.15, 0.2) is 18.3 Å². The molecule has 6 heteroatoms. The number of pyridine rings is 1. The molecule has 17 heavy (non-hydrogen) atoms. The molecule has 6 nitrogen and oxygen atoms in total. The van der Waals surface area contributed by atoms with E-state index in [-0.39, 0.29) is 18.3 Å². The number of methoxy groups -OCH3 is 1. The number of carboxylic acid groups (broad SMARTS) is 1. The van der Waals surface area contributed by atoms with Crippen LogP contribution >= 0.6 is 0 Å². The lowest BCUT2D eigenvalue weighted by atomic mass is 10.2. The van der Waals surface area contributed by atoms with Crippen molar-refractivity contribution in [2.75, 3.05) is 25.6 Å². The molecule has 0 saturated carbocycles.